The Kier molecular flexibility index (Phi) is 3.94. The van der Waals surface area contributed by atoms with Crippen LogP contribution in [-0.2, 0) is 5.41 Å². The van der Waals surface area contributed by atoms with Gasteiger partial charge < -0.3 is 5.32 Å². The lowest BCUT2D eigenvalue weighted by Gasteiger charge is -2.22. The molecule has 1 rings (SSSR count). The largest absolute Gasteiger partial charge is 0.304 e. The molecule has 0 amide bonds. The van der Waals surface area contributed by atoms with E-state index in [2.05, 4.69) is 25.2 Å². The lowest BCUT2D eigenvalue weighted by atomic mass is 9.91. The lowest BCUT2D eigenvalue weighted by Crippen LogP contribution is -2.32. The third kappa shape index (κ3) is 2.98. The Balaban J connectivity index is 2.61. The summed E-state index contributed by atoms with van der Waals surface area (Å²) in [6, 6.07) is 6.02. The Morgan fingerprint density at radius 1 is 1.57 bits per heavy atom. The molecule has 0 aliphatic heterocycles. The highest BCUT2D eigenvalue weighted by atomic mass is 35.5. The Labute approximate surface area is 93.5 Å². The number of hydrogen-bond acceptors (Lipinski definition) is 3. The van der Waals surface area contributed by atoms with Crippen molar-refractivity contribution >= 4 is 22.9 Å². The van der Waals surface area contributed by atoms with Crippen molar-refractivity contribution in [3.63, 3.8) is 0 Å². The average Bonchev–Trinajstić information content (AvgIpc) is 2.53. The van der Waals surface area contributed by atoms with E-state index in [9.17, 15) is 0 Å². The van der Waals surface area contributed by atoms with Gasteiger partial charge in [-0.05, 0) is 12.1 Å². The van der Waals surface area contributed by atoms with E-state index in [1.54, 1.807) is 11.3 Å². The van der Waals surface area contributed by atoms with Crippen LogP contribution in [0.1, 0.15) is 18.7 Å². The molecule has 0 aliphatic carbocycles. The zero-order valence-corrected chi connectivity index (χ0v) is 9.87. The van der Waals surface area contributed by atoms with E-state index in [4.69, 9.17) is 16.9 Å². The summed E-state index contributed by atoms with van der Waals surface area (Å²) in [5.41, 5.74) is 0.0364. The number of thiophene rings is 1. The van der Waals surface area contributed by atoms with Crippen LogP contribution in [0.15, 0.2) is 12.1 Å². The molecule has 0 spiro atoms. The van der Waals surface area contributed by atoms with Crippen LogP contribution in [0, 0.1) is 11.3 Å². The van der Waals surface area contributed by atoms with Crippen molar-refractivity contribution in [1.82, 2.24) is 5.32 Å². The lowest BCUT2D eigenvalue weighted by molar-refractivity contribution is 0.493. The number of halogens is 1. The molecule has 0 aromatic carbocycles. The van der Waals surface area contributed by atoms with Crippen LogP contribution >= 0.6 is 22.9 Å². The van der Waals surface area contributed by atoms with Gasteiger partial charge in [0, 0.05) is 16.8 Å². The maximum absolute atomic E-state index is 8.41. The SMILES string of the molecule is CC(C)(CNCC#N)c1ccc(Cl)s1. The summed E-state index contributed by atoms with van der Waals surface area (Å²) in [6.07, 6.45) is 0. The molecule has 1 aromatic rings. The number of nitrogens with one attached hydrogen (secondary N) is 1. The number of rotatable bonds is 4. The van der Waals surface area contributed by atoms with Gasteiger partial charge in [-0.2, -0.15) is 5.26 Å². The molecule has 0 unspecified atom stereocenters. The van der Waals surface area contributed by atoms with Crippen LogP contribution in [0.3, 0.4) is 0 Å². The first-order valence-corrected chi connectivity index (χ1v) is 5.59. The predicted octanol–water partition coefficient (Wildman–Crippen LogP) is 2.79. The predicted molar refractivity (Wildman–Crippen MR) is 60.8 cm³/mol. The van der Waals surface area contributed by atoms with Gasteiger partial charge >= 0.3 is 0 Å². The van der Waals surface area contributed by atoms with Crippen LogP contribution in [-0.4, -0.2) is 13.1 Å². The average molecular weight is 229 g/mol. The fraction of sp³-hybridized carbons (Fsp3) is 0.500. The molecule has 1 aromatic heterocycles. The van der Waals surface area contributed by atoms with Crippen molar-refractivity contribution in [1.29, 1.82) is 5.26 Å². The molecule has 1 N–H and O–H groups in total. The number of nitrogens with zero attached hydrogens (tertiary/aromatic N) is 1. The second kappa shape index (κ2) is 4.79. The summed E-state index contributed by atoms with van der Waals surface area (Å²) in [4.78, 5) is 1.24. The van der Waals surface area contributed by atoms with Crippen molar-refractivity contribution < 1.29 is 0 Å². The Morgan fingerprint density at radius 2 is 2.29 bits per heavy atom. The van der Waals surface area contributed by atoms with Gasteiger partial charge in [0.05, 0.1) is 17.0 Å². The molecule has 0 saturated heterocycles. The monoisotopic (exact) mass is 228 g/mol. The van der Waals surface area contributed by atoms with Crippen molar-refractivity contribution in [3.8, 4) is 6.07 Å². The summed E-state index contributed by atoms with van der Waals surface area (Å²) in [7, 11) is 0. The van der Waals surface area contributed by atoms with Gasteiger partial charge in [-0.1, -0.05) is 25.4 Å². The maximum Gasteiger partial charge on any atom is 0.0931 e. The normalized spacial score (nSPS) is 11.3. The minimum absolute atomic E-state index is 0.0364. The fourth-order valence-electron chi connectivity index (χ4n) is 1.20. The third-order valence-electron chi connectivity index (χ3n) is 2.01. The minimum atomic E-state index is 0.0364. The van der Waals surface area contributed by atoms with Crippen LogP contribution < -0.4 is 5.32 Å². The second-order valence-electron chi connectivity index (χ2n) is 3.75. The molecule has 0 radical (unpaired) electrons. The highest BCUT2D eigenvalue weighted by Crippen LogP contribution is 2.31. The molecular weight excluding hydrogens is 216 g/mol. The molecule has 76 valence electrons. The van der Waals surface area contributed by atoms with Crippen molar-refractivity contribution in [2.45, 2.75) is 19.3 Å². The Bertz CT molecular complexity index is 338. The zero-order valence-electron chi connectivity index (χ0n) is 8.30. The van der Waals surface area contributed by atoms with Gasteiger partial charge in [-0.25, -0.2) is 0 Å². The Morgan fingerprint density at radius 3 is 2.79 bits per heavy atom. The van der Waals surface area contributed by atoms with Crippen LogP contribution in [0.2, 0.25) is 4.34 Å². The van der Waals surface area contributed by atoms with Crippen LogP contribution in [0.5, 0.6) is 0 Å². The molecule has 0 atom stereocenters. The quantitative estimate of drug-likeness (QED) is 0.636. The summed E-state index contributed by atoms with van der Waals surface area (Å²) in [5, 5.41) is 11.5. The first-order chi connectivity index (χ1) is 6.56. The highest BCUT2D eigenvalue weighted by Gasteiger charge is 2.21. The van der Waals surface area contributed by atoms with E-state index in [0.29, 0.717) is 6.54 Å². The molecule has 0 aliphatic rings. The van der Waals surface area contributed by atoms with Gasteiger partial charge in [0.15, 0.2) is 0 Å². The molecule has 0 saturated carbocycles. The smallest absolute Gasteiger partial charge is 0.0931 e. The van der Waals surface area contributed by atoms with Gasteiger partial charge in [0.2, 0.25) is 0 Å². The molecule has 0 bridgehead atoms. The zero-order chi connectivity index (χ0) is 10.6. The molecule has 2 nitrogen and oxygen atoms in total. The van der Waals surface area contributed by atoms with E-state index < -0.39 is 0 Å². The minimum Gasteiger partial charge on any atom is -0.304 e. The molecule has 14 heavy (non-hydrogen) atoms. The topological polar surface area (TPSA) is 35.8 Å². The second-order valence-corrected chi connectivity index (χ2v) is 5.46. The van der Waals surface area contributed by atoms with Crippen LogP contribution in [0.25, 0.3) is 0 Å². The van der Waals surface area contributed by atoms with Crippen molar-refractivity contribution in [2.24, 2.45) is 0 Å². The summed E-state index contributed by atoms with van der Waals surface area (Å²) >= 11 is 7.47. The molecule has 0 fully saturated rings. The van der Waals surface area contributed by atoms with E-state index in [-0.39, 0.29) is 5.41 Å². The highest BCUT2D eigenvalue weighted by molar-refractivity contribution is 7.16. The molecule has 4 heteroatoms. The first kappa shape index (κ1) is 11.5. The van der Waals surface area contributed by atoms with E-state index in [1.165, 1.54) is 4.88 Å². The van der Waals surface area contributed by atoms with Crippen molar-refractivity contribution in [2.75, 3.05) is 13.1 Å². The maximum atomic E-state index is 8.41. The molecular formula is C10H13ClN2S. The van der Waals surface area contributed by atoms with Gasteiger partial charge in [-0.3, -0.25) is 0 Å². The number of hydrogen-bond donors (Lipinski definition) is 1. The summed E-state index contributed by atoms with van der Waals surface area (Å²) in [5.74, 6) is 0. The summed E-state index contributed by atoms with van der Waals surface area (Å²) in [6.45, 7) is 5.46. The van der Waals surface area contributed by atoms with Gasteiger partial charge in [0.1, 0.15) is 0 Å². The van der Waals surface area contributed by atoms with E-state index in [1.807, 2.05) is 12.1 Å². The first-order valence-electron chi connectivity index (χ1n) is 4.40. The Hall–Kier alpha value is -0.560. The van der Waals surface area contributed by atoms with Gasteiger partial charge in [0.25, 0.3) is 0 Å². The van der Waals surface area contributed by atoms with Gasteiger partial charge in [-0.15, -0.1) is 11.3 Å². The molecule has 1 heterocycles. The standard InChI is InChI=1S/C10H13ClN2S/c1-10(2,7-13-6-5-12)8-3-4-9(11)14-8/h3-4,13H,6-7H2,1-2H3. The third-order valence-corrected chi connectivity index (χ3v) is 3.61. The summed E-state index contributed by atoms with van der Waals surface area (Å²) < 4.78 is 0.813. The van der Waals surface area contributed by atoms with Crippen molar-refractivity contribution in [3.05, 3.63) is 21.3 Å². The fourth-order valence-corrected chi connectivity index (χ4v) is 2.34. The van der Waals surface area contributed by atoms with Crippen LogP contribution in [0.4, 0.5) is 0 Å². The number of nitriles is 1. The van der Waals surface area contributed by atoms with E-state index in [0.717, 1.165) is 10.9 Å². The van der Waals surface area contributed by atoms with E-state index >= 15 is 0 Å².